The molecule has 4 aliphatic carbocycles. The molecule has 8 heteroatoms. The lowest BCUT2D eigenvalue weighted by atomic mass is 9.52. The molecule has 0 unspecified atom stereocenters. The Labute approximate surface area is 194 Å². The van der Waals surface area contributed by atoms with E-state index in [9.17, 15) is 19.2 Å². The summed E-state index contributed by atoms with van der Waals surface area (Å²) in [5.41, 5.74) is 1.70. The minimum atomic E-state index is -0.863. The lowest BCUT2D eigenvalue weighted by molar-refractivity contribution is -0.149. The molecule has 1 aromatic rings. The number of nitrogens with zero attached hydrogens (tertiary/aromatic N) is 3. The van der Waals surface area contributed by atoms with Gasteiger partial charge in [0.1, 0.15) is 0 Å². The average molecular weight is 456 g/mol. The maximum absolute atomic E-state index is 13.4. The number of urea groups is 1. The van der Waals surface area contributed by atoms with Gasteiger partial charge < -0.3 is 9.30 Å². The number of rotatable bonds is 8. The van der Waals surface area contributed by atoms with Crippen molar-refractivity contribution < 1.29 is 23.9 Å². The smallest absolute Gasteiger partial charge is 0.335 e. The van der Waals surface area contributed by atoms with E-state index in [1.165, 1.54) is 24.2 Å². The van der Waals surface area contributed by atoms with Crippen molar-refractivity contribution in [3.8, 4) is 0 Å². The molecule has 1 saturated heterocycles. The van der Waals surface area contributed by atoms with Crippen molar-refractivity contribution in [2.45, 2.75) is 70.9 Å². The monoisotopic (exact) mass is 455 g/mol. The Kier molecular flexibility index (Phi) is 5.46. The van der Waals surface area contributed by atoms with Crippen molar-refractivity contribution in [2.75, 3.05) is 20.3 Å². The van der Waals surface area contributed by atoms with Gasteiger partial charge in [-0.15, -0.1) is 0 Å². The first kappa shape index (κ1) is 22.3. The van der Waals surface area contributed by atoms with Gasteiger partial charge in [-0.25, -0.2) is 14.6 Å². The molecule has 178 valence electrons. The zero-order valence-corrected chi connectivity index (χ0v) is 19.8. The first-order valence-corrected chi connectivity index (χ1v) is 12.1. The number of carbonyl (C=O) groups excluding carboxylic acids is 4. The van der Waals surface area contributed by atoms with Crippen LogP contribution in [0.4, 0.5) is 4.79 Å². The van der Waals surface area contributed by atoms with Crippen LogP contribution < -0.4 is 0 Å². The third-order valence-corrected chi connectivity index (χ3v) is 8.44. The van der Waals surface area contributed by atoms with Crippen molar-refractivity contribution in [1.82, 2.24) is 14.4 Å². The van der Waals surface area contributed by atoms with Crippen LogP contribution in [0, 0.1) is 31.6 Å². The van der Waals surface area contributed by atoms with Gasteiger partial charge in [0.05, 0.1) is 12.1 Å². The van der Waals surface area contributed by atoms with Crippen LogP contribution in [-0.2, 0) is 20.9 Å². The van der Waals surface area contributed by atoms with Gasteiger partial charge in [0, 0.05) is 37.2 Å². The van der Waals surface area contributed by atoms with Crippen LogP contribution >= 0.6 is 0 Å². The third kappa shape index (κ3) is 3.54. The second-order valence-corrected chi connectivity index (χ2v) is 10.7. The highest BCUT2D eigenvalue weighted by Gasteiger charge is 2.61. The van der Waals surface area contributed by atoms with E-state index in [1.54, 1.807) is 13.2 Å². The van der Waals surface area contributed by atoms with Gasteiger partial charge in [-0.1, -0.05) is 0 Å². The van der Waals surface area contributed by atoms with Gasteiger partial charge in [0.25, 0.3) is 0 Å². The van der Waals surface area contributed by atoms with E-state index in [2.05, 4.69) is 0 Å². The zero-order chi connectivity index (χ0) is 23.5. The van der Waals surface area contributed by atoms with Gasteiger partial charge in [-0.05, 0) is 82.6 Å². The number of imide groups is 2. The summed E-state index contributed by atoms with van der Waals surface area (Å²) in [6, 6.07) is 1.20. The Hall–Kier alpha value is -2.48. The molecule has 0 atom stereocenters. The lowest BCUT2D eigenvalue weighted by Crippen LogP contribution is -2.62. The van der Waals surface area contributed by atoms with E-state index in [-0.39, 0.29) is 5.78 Å². The number of ether oxygens (including phenoxy) is 1. The molecule has 0 N–H and O–H groups in total. The van der Waals surface area contributed by atoms with E-state index in [0.717, 1.165) is 48.5 Å². The first-order chi connectivity index (χ1) is 15.7. The predicted molar refractivity (Wildman–Crippen MR) is 120 cm³/mol. The van der Waals surface area contributed by atoms with E-state index in [4.69, 9.17) is 4.74 Å². The Balaban J connectivity index is 1.34. The number of aromatic nitrogens is 1. The molecule has 4 amide bonds. The molecular formula is C25H33N3O5. The second-order valence-electron chi connectivity index (χ2n) is 10.7. The van der Waals surface area contributed by atoms with Crippen LogP contribution in [0.15, 0.2) is 6.07 Å². The molecule has 4 saturated carbocycles. The fraction of sp³-hybridized carbons (Fsp3) is 0.680. The molecule has 33 heavy (non-hydrogen) atoms. The van der Waals surface area contributed by atoms with Gasteiger partial charge >= 0.3 is 17.8 Å². The zero-order valence-electron chi connectivity index (χ0n) is 19.8. The SMILES string of the molecule is COCCCn1c(C)cc(C(=O)CN2C(=O)C(=O)N(C34CC5CC(CC(C5)C3)C4)C2=O)c1C. The molecule has 1 aromatic heterocycles. The van der Waals surface area contributed by atoms with Crippen molar-refractivity contribution in [1.29, 1.82) is 0 Å². The molecule has 2 heterocycles. The molecule has 4 bridgehead atoms. The van der Waals surface area contributed by atoms with Crippen molar-refractivity contribution in [3.63, 3.8) is 0 Å². The predicted octanol–water partition coefficient (Wildman–Crippen LogP) is 3.08. The summed E-state index contributed by atoms with van der Waals surface area (Å²) >= 11 is 0. The van der Waals surface area contributed by atoms with Gasteiger partial charge in [0.2, 0.25) is 0 Å². The minimum absolute atomic E-state index is 0.317. The van der Waals surface area contributed by atoms with Crippen molar-refractivity contribution in [2.24, 2.45) is 17.8 Å². The number of aryl methyl sites for hydroxylation is 1. The fourth-order valence-corrected chi connectivity index (χ4v) is 7.43. The highest BCUT2D eigenvalue weighted by atomic mass is 16.5. The summed E-state index contributed by atoms with van der Waals surface area (Å²) in [5, 5.41) is 0. The van der Waals surface area contributed by atoms with E-state index < -0.39 is 29.9 Å². The third-order valence-electron chi connectivity index (χ3n) is 8.44. The summed E-state index contributed by atoms with van der Waals surface area (Å²) in [7, 11) is 1.66. The Morgan fingerprint density at radius 2 is 1.64 bits per heavy atom. The van der Waals surface area contributed by atoms with E-state index in [0.29, 0.717) is 29.9 Å². The Morgan fingerprint density at radius 1 is 1.03 bits per heavy atom. The normalized spacial score (nSPS) is 30.8. The topological polar surface area (TPSA) is 88.9 Å². The highest BCUT2D eigenvalue weighted by Crippen LogP contribution is 2.58. The van der Waals surface area contributed by atoms with Crippen LogP contribution in [0.2, 0.25) is 0 Å². The largest absolute Gasteiger partial charge is 0.385 e. The van der Waals surface area contributed by atoms with E-state index in [1.807, 2.05) is 18.4 Å². The molecule has 5 aliphatic rings. The van der Waals surface area contributed by atoms with Crippen molar-refractivity contribution >= 4 is 23.6 Å². The lowest BCUT2D eigenvalue weighted by Gasteiger charge is -2.58. The summed E-state index contributed by atoms with van der Waals surface area (Å²) in [6.45, 7) is 4.75. The van der Waals surface area contributed by atoms with Crippen LogP contribution in [0.1, 0.15) is 66.7 Å². The van der Waals surface area contributed by atoms with Gasteiger partial charge in [-0.2, -0.15) is 0 Å². The van der Waals surface area contributed by atoms with Crippen LogP contribution in [0.5, 0.6) is 0 Å². The summed E-state index contributed by atoms with van der Waals surface area (Å²) in [6.07, 6.45) is 6.73. The van der Waals surface area contributed by atoms with Crippen LogP contribution in [0.25, 0.3) is 0 Å². The number of ketones is 1. The van der Waals surface area contributed by atoms with Gasteiger partial charge in [-0.3, -0.25) is 14.4 Å². The molecular weight excluding hydrogens is 422 g/mol. The molecule has 6 rings (SSSR count). The molecule has 1 aliphatic heterocycles. The number of Topliss-reactive ketones (excluding diaryl/α,β-unsaturated/α-hetero) is 1. The Morgan fingerprint density at radius 3 is 2.21 bits per heavy atom. The number of carbonyl (C=O) groups is 4. The molecule has 5 fully saturated rings. The number of amides is 4. The Bertz CT molecular complexity index is 990. The maximum atomic E-state index is 13.4. The van der Waals surface area contributed by atoms with Crippen LogP contribution in [0.3, 0.4) is 0 Å². The maximum Gasteiger partial charge on any atom is 0.335 e. The van der Waals surface area contributed by atoms with Gasteiger partial charge in [0.15, 0.2) is 5.78 Å². The summed E-state index contributed by atoms with van der Waals surface area (Å²) in [5.74, 6) is -0.330. The standard InChI is InChI=1S/C25H33N3O5/c1-15-7-20(16(2)26(15)5-4-6-33-3)21(29)14-27-22(30)23(31)28(24(27)32)25-11-17-8-18(12-25)10-19(9-17)13-25/h7,17-19H,4-6,8-14H2,1-3H3. The van der Waals surface area contributed by atoms with E-state index >= 15 is 0 Å². The van der Waals surface area contributed by atoms with Crippen LogP contribution in [-0.4, -0.2) is 63.8 Å². The number of methoxy groups -OCH3 is 1. The molecule has 0 aromatic carbocycles. The first-order valence-electron chi connectivity index (χ1n) is 12.1. The molecule has 8 nitrogen and oxygen atoms in total. The molecule has 0 spiro atoms. The molecule has 0 radical (unpaired) electrons. The fourth-order valence-electron chi connectivity index (χ4n) is 7.43. The highest BCUT2D eigenvalue weighted by molar-refractivity contribution is 6.45. The summed E-state index contributed by atoms with van der Waals surface area (Å²) in [4.78, 5) is 54.5. The quantitative estimate of drug-likeness (QED) is 0.260. The van der Waals surface area contributed by atoms with Crippen molar-refractivity contribution in [3.05, 3.63) is 23.0 Å². The number of hydrogen-bond donors (Lipinski definition) is 0. The second kappa shape index (κ2) is 8.08. The number of hydrogen-bond acceptors (Lipinski definition) is 5. The minimum Gasteiger partial charge on any atom is -0.385 e. The summed E-state index contributed by atoms with van der Waals surface area (Å²) < 4.78 is 7.17. The average Bonchev–Trinajstić information content (AvgIpc) is 3.15.